The Balaban J connectivity index is 1.86. The van der Waals surface area contributed by atoms with Gasteiger partial charge in [-0.05, 0) is 12.5 Å². The number of carbonyl (C=O) groups excluding carboxylic acids is 1. The zero-order valence-electron chi connectivity index (χ0n) is 8.68. The lowest BCUT2D eigenvalue weighted by Gasteiger charge is -2.13. The quantitative estimate of drug-likeness (QED) is 0.709. The summed E-state index contributed by atoms with van der Waals surface area (Å²) >= 11 is 0. The molecule has 0 aromatic heterocycles. The lowest BCUT2D eigenvalue weighted by Crippen LogP contribution is -2.20. The number of carbonyl (C=O) groups is 1. The first-order valence-electron chi connectivity index (χ1n) is 5.11. The Morgan fingerprint density at radius 2 is 2.13 bits per heavy atom. The fourth-order valence-electron chi connectivity index (χ4n) is 1.63. The van der Waals surface area contributed by atoms with E-state index in [4.69, 9.17) is 9.47 Å². The van der Waals surface area contributed by atoms with Crippen molar-refractivity contribution in [1.29, 1.82) is 0 Å². The molecule has 1 heterocycles. The van der Waals surface area contributed by atoms with Gasteiger partial charge >= 0.3 is 5.97 Å². The van der Waals surface area contributed by atoms with Crippen LogP contribution in [0, 0.1) is 0 Å². The summed E-state index contributed by atoms with van der Waals surface area (Å²) in [7, 11) is 0. The average molecular weight is 206 g/mol. The van der Waals surface area contributed by atoms with Gasteiger partial charge in [0.2, 0.25) is 0 Å². The molecule has 1 aromatic rings. The van der Waals surface area contributed by atoms with E-state index in [1.165, 1.54) is 0 Å². The van der Waals surface area contributed by atoms with Crippen LogP contribution in [0.2, 0.25) is 0 Å². The number of benzene rings is 1. The zero-order valence-corrected chi connectivity index (χ0v) is 8.68. The van der Waals surface area contributed by atoms with E-state index in [0.29, 0.717) is 13.0 Å². The van der Waals surface area contributed by atoms with E-state index < -0.39 is 0 Å². The lowest BCUT2D eigenvalue weighted by molar-refractivity contribution is -0.141. The molecule has 0 saturated carbocycles. The maximum Gasteiger partial charge on any atom is 0.308 e. The fraction of sp³-hybridized carbons (Fsp3) is 0.417. The monoisotopic (exact) mass is 206 g/mol. The van der Waals surface area contributed by atoms with E-state index in [-0.39, 0.29) is 18.2 Å². The van der Waals surface area contributed by atoms with Gasteiger partial charge in [0.05, 0.1) is 13.0 Å². The van der Waals surface area contributed by atoms with Gasteiger partial charge < -0.3 is 9.47 Å². The van der Waals surface area contributed by atoms with Crippen LogP contribution < -0.4 is 0 Å². The second kappa shape index (κ2) is 4.45. The van der Waals surface area contributed by atoms with Gasteiger partial charge in [0.15, 0.2) is 0 Å². The molecule has 3 nitrogen and oxygen atoms in total. The minimum absolute atomic E-state index is 0.0993. The van der Waals surface area contributed by atoms with E-state index in [9.17, 15) is 4.79 Å². The molecular weight excluding hydrogens is 192 g/mol. The van der Waals surface area contributed by atoms with Crippen LogP contribution in [0.3, 0.4) is 0 Å². The number of hydrogen-bond acceptors (Lipinski definition) is 3. The Bertz CT molecular complexity index is 334. The molecule has 1 aliphatic rings. The number of cyclic esters (lactones) is 1. The summed E-state index contributed by atoms with van der Waals surface area (Å²) in [5.41, 5.74) is 1.11. The van der Waals surface area contributed by atoms with Gasteiger partial charge in [-0.2, -0.15) is 0 Å². The smallest absolute Gasteiger partial charge is 0.308 e. The van der Waals surface area contributed by atoms with Crippen LogP contribution in [0.25, 0.3) is 0 Å². The van der Waals surface area contributed by atoms with E-state index in [0.717, 1.165) is 5.56 Å². The highest BCUT2D eigenvalue weighted by Gasteiger charge is 2.31. The Hall–Kier alpha value is -1.35. The van der Waals surface area contributed by atoms with Gasteiger partial charge in [0.25, 0.3) is 0 Å². The topological polar surface area (TPSA) is 35.5 Å². The largest absolute Gasteiger partial charge is 0.460 e. The van der Waals surface area contributed by atoms with Crippen molar-refractivity contribution in [2.75, 3.05) is 0 Å². The summed E-state index contributed by atoms with van der Waals surface area (Å²) in [6, 6.07) is 9.91. The van der Waals surface area contributed by atoms with Crippen molar-refractivity contribution in [2.24, 2.45) is 0 Å². The first-order valence-corrected chi connectivity index (χ1v) is 5.11. The number of hydrogen-bond donors (Lipinski definition) is 0. The van der Waals surface area contributed by atoms with Gasteiger partial charge in [-0.25, -0.2) is 0 Å². The van der Waals surface area contributed by atoms with Crippen LogP contribution in [0.4, 0.5) is 0 Å². The maximum atomic E-state index is 11.0. The van der Waals surface area contributed by atoms with E-state index >= 15 is 0 Å². The Morgan fingerprint density at radius 1 is 1.40 bits per heavy atom. The molecule has 2 rings (SSSR count). The summed E-state index contributed by atoms with van der Waals surface area (Å²) in [4.78, 5) is 11.0. The molecule has 0 N–H and O–H groups in total. The first kappa shape index (κ1) is 10.2. The van der Waals surface area contributed by atoms with Crippen molar-refractivity contribution < 1.29 is 14.3 Å². The minimum atomic E-state index is -0.166. The molecule has 1 saturated heterocycles. The molecule has 0 spiro atoms. The third-order valence-electron chi connectivity index (χ3n) is 2.52. The number of esters is 1. The van der Waals surface area contributed by atoms with Crippen molar-refractivity contribution in [2.45, 2.75) is 32.2 Å². The third-order valence-corrected chi connectivity index (χ3v) is 2.52. The molecule has 3 heteroatoms. The fourth-order valence-corrected chi connectivity index (χ4v) is 1.63. The highest BCUT2D eigenvalue weighted by molar-refractivity contribution is 5.72. The minimum Gasteiger partial charge on any atom is -0.460 e. The summed E-state index contributed by atoms with van der Waals surface area (Å²) in [6.07, 6.45) is 0.146. The van der Waals surface area contributed by atoms with Gasteiger partial charge in [-0.1, -0.05) is 30.3 Å². The molecule has 1 fully saturated rings. The molecule has 0 radical (unpaired) electrons. The molecule has 0 amide bonds. The average Bonchev–Trinajstić information content (AvgIpc) is 2.56. The van der Waals surface area contributed by atoms with E-state index in [1.54, 1.807) is 0 Å². The summed E-state index contributed by atoms with van der Waals surface area (Å²) < 4.78 is 10.6. The van der Waals surface area contributed by atoms with Crippen LogP contribution in [0.5, 0.6) is 0 Å². The van der Waals surface area contributed by atoms with Crippen LogP contribution >= 0.6 is 0 Å². The summed E-state index contributed by atoms with van der Waals surface area (Å²) in [5.74, 6) is -0.166. The predicted octanol–water partition coefficient (Wildman–Crippen LogP) is 1.91. The second-order valence-electron chi connectivity index (χ2n) is 3.73. The standard InChI is InChI=1S/C12H14O3/c1-9-11(7-12(13)15-9)14-8-10-5-3-2-4-6-10/h2-6,9,11H,7-8H2,1H3/t9-,11-/m0/s1. The van der Waals surface area contributed by atoms with E-state index in [2.05, 4.69) is 0 Å². The van der Waals surface area contributed by atoms with Gasteiger partial charge in [-0.3, -0.25) is 4.79 Å². The molecule has 0 bridgehead atoms. The summed E-state index contributed by atoms with van der Waals surface area (Å²) in [6.45, 7) is 2.40. The Morgan fingerprint density at radius 3 is 2.73 bits per heavy atom. The first-order chi connectivity index (χ1) is 7.25. The molecule has 1 aromatic carbocycles. The molecule has 80 valence electrons. The summed E-state index contributed by atoms with van der Waals surface area (Å²) in [5, 5.41) is 0. The zero-order chi connectivity index (χ0) is 10.7. The van der Waals surface area contributed by atoms with Crippen LogP contribution in [0.1, 0.15) is 18.9 Å². The highest BCUT2D eigenvalue weighted by atomic mass is 16.6. The van der Waals surface area contributed by atoms with Crippen LogP contribution in [-0.4, -0.2) is 18.2 Å². The Labute approximate surface area is 89.0 Å². The number of ether oxygens (including phenoxy) is 2. The van der Waals surface area contributed by atoms with Crippen molar-refractivity contribution in [3.8, 4) is 0 Å². The SMILES string of the molecule is C[C@@H]1OC(=O)C[C@@H]1OCc1ccccc1. The third kappa shape index (κ3) is 2.57. The van der Waals surface area contributed by atoms with Crippen molar-refractivity contribution >= 4 is 5.97 Å². The maximum absolute atomic E-state index is 11.0. The molecule has 15 heavy (non-hydrogen) atoms. The second-order valence-corrected chi connectivity index (χ2v) is 3.73. The van der Waals surface area contributed by atoms with Crippen LogP contribution in [-0.2, 0) is 20.9 Å². The Kier molecular flexibility index (Phi) is 3.02. The molecular formula is C12H14O3. The van der Waals surface area contributed by atoms with E-state index in [1.807, 2.05) is 37.3 Å². The lowest BCUT2D eigenvalue weighted by atomic mass is 10.2. The molecule has 0 aliphatic carbocycles. The van der Waals surface area contributed by atoms with Gasteiger partial charge in [0.1, 0.15) is 12.2 Å². The van der Waals surface area contributed by atoms with Gasteiger partial charge in [0, 0.05) is 0 Å². The van der Waals surface area contributed by atoms with Crippen molar-refractivity contribution in [3.05, 3.63) is 35.9 Å². The molecule has 1 aliphatic heterocycles. The molecule has 2 atom stereocenters. The molecule has 0 unspecified atom stereocenters. The predicted molar refractivity (Wildman–Crippen MR) is 55.2 cm³/mol. The normalized spacial score (nSPS) is 25.3. The van der Waals surface area contributed by atoms with Crippen molar-refractivity contribution in [3.63, 3.8) is 0 Å². The van der Waals surface area contributed by atoms with Gasteiger partial charge in [-0.15, -0.1) is 0 Å². The van der Waals surface area contributed by atoms with Crippen molar-refractivity contribution in [1.82, 2.24) is 0 Å². The number of rotatable bonds is 3. The van der Waals surface area contributed by atoms with Crippen LogP contribution in [0.15, 0.2) is 30.3 Å². The highest BCUT2D eigenvalue weighted by Crippen LogP contribution is 2.19.